The van der Waals surface area contributed by atoms with Crippen molar-refractivity contribution in [2.75, 3.05) is 5.75 Å². The van der Waals surface area contributed by atoms with Crippen LogP contribution in [0, 0.1) is 6.92 Å². The maximum absolute atomic E-state index is 10.3. The molecule has 0 aliphatic heterocycles. The molecule has 0 aliphatic carbocycles. The molecule has 1 nitrogen and oxygen atoms in total. The Balaban J connectivity index is 1.99. The minimum atomic E-state index is -0.406. The van der Waals surface area contributed by atoms with Gasteiger partial charge in [0.25, 0.3) is 0 Å². The van der Waals surface area contributed by atoms with Gasteiger partial charge in [-0.1, -0.05) is 55.8 Å². The third-order valence-electron chi connectivity index (χ3n) is 3.36. The van der Waals surface area contributed by atoms with Crippen LogP contribution >= 0.6 is 11.8 Å². The number of benzene rings is 2. The van der Waals surface area contributed by atoms with Crippen molar-refractivity contribution in [3.63, 3.8) is 0 Å². The number of aliphatic hydroxyl groups is 1. The Kier molecular flexibility index (Phi) is 5.69. The molecule has 0 fully saturated rings. The summed E-state index contributed by atoms with van der Waals surface area (Å²) in [4.78, 5) is 1.25. The van der Waals surface area contributed by atoms with Gasteiger partial charge in [0.1, 0.15) is 0 Å². The monoisotopic (exact) mass is 286 g/mol. The minimum Gasteiger partial charge on any atom is -0.388 e. The van der Waals surface area contributed by atoms with Crippen LogP contribution in [0.25, 0.3) is 0 Å². The number of hydrogen-bond acceptors (Lipinski definition) is 2. The summed E-state index contributed by atoms with van der Waals surface area (Å²) in [6.07, 6.45) is 1.81. The van der Waals surface area contributed by atoms with Gasteiger partial charge in [0, 0.05) is 10.6 Å². The van der Waals surface area contributed by atoms with Crippen LogP contribution in [0.4, 0.5) is 0 Å². The lowest BCUT2D eigenvalue weighted by Crippen LogP contribution is -2.01. The third kappa shape index (κ3) is 4.12. The second-order valence-corrected chi connectivity index (χ2v) is 6.15. The molecule has 0 spiro atoms. The van der Waals surface area contributed by atoms with Crippen molar-refractivity contribution in [2.45, 2.75) is 37.7 Å². The molecule has 2 rings (SSSR count). The Morgan fingerprint density at radius 2 is 1.90 bits per heavy atom. The molecule has 0 aliphatic rings. The zero-order valence-electron chi connectivity index (χ0n) is 12.2. The molecule has 0 aromatic heterocycles. The third-order valence-corrected chi connectivity index (χ3v) is 4.62. The fourth-order valence-corrected chi connectivity index (χ4v) is 3.23. The number of aliphatic hydroxyl groups excluding tert-OH is 1. The Hall–Kier alpha value is -1.25. The average Bonchev–Trinajstić information content (AvgIpc) is 2.47. The molecule has 1 atom stereocenters. The molecule has 106 valence electrons. The first-order chi connectivity index (χ1) is 9.70. The fourth-order valence-electron chi connectivity index (χ4n) is 2.23. The Labute approximate surface area is 126 Å². The summed E-state index contributed by atoms with van der Waals surface area (Å²) in [6.45, 7) is 4.29. The lowest BCUT2D eigenvalue weighted by atomic mass is 10.0. The van der Waals surface area contributed by atoms with E-state index in [1.54, 1.807) is 11.8 Å². The largest absolute Gasteiger partial charge is 0.388 e. The number of aryl methyl sites for hydroxylation is 2. The molecule has 0 amide bonds. The topological polar surface area (TPSA) is 20.2 Å². The van der Waals surface area contributed by atoms with Crippen molar-refractivity contribution in [3.8, 4) is 0 Å². The highest BCUT2D eigenvalue weighted by Crippen LogP contribution is 2.27. The predicted octanol–water partition coefficient (Wildman–Crippen LogP) is 4.77. The molecule has 0 saturated carbocycles. The van der Waals surface area contributed by atoms with Gasteiger partial charge in [-0.2, -0.15) is 0 Å². The molecule has 2 heteroatoms. The van der Waals surface area contributed by atoms with Crippen LogP contribution in [0.1, 0.15) is 36.1 Å². The quantitative estimate of drug-likeness (QED) is 0.772. The molecule has 20 heavy (non-hydrogen) atoms. The molecule has 1 N–H and O–H groups in total. The van der Waals surface area contributed by atoms with Gasteiger partial charge in [0.05, 0.1) is 6.10 Å². The summed E-state index contributed by atoms with van der Waals surface area (Å²) in [6, 6.07) is 16.6. The zero-order chi connectivity index (χ0) is 14.4. The highest BCUT2D eigenvalue weighted by Gasteiger charge is 2.09. The van der Waals surface area contributed by atoms with Crippen molar-refractivity contribution < 1.29 is 5.11 Å². The van der Waals surface area contributed by atoms with Crippen molar-refractivity contribution in [1.29, 1.82) is 0 Å². The van der Waals surface area contributed by atoms with Crippen LogP contribution in [0.15, 0.2) is 53.4 Å². The molecular weight excluding hydrogens is 264 g/mol. The first-order valence-electron chi connectivity index (χ1n) is 7.16. The van der Waals surface area contributed by atoms with E-state index in [1.807, 2.05) is 24.3 Å². The smallest absolute Gasteiger partial charge is 0.0884 e. The van der Waals surface area contributed by atoms with Gasteiger partial charge in [0.2, 0.25) is 0 Å². The first-order valence-corrected chi connectivity index (χ1v) is 8.14. The molecular formula is C18H22OS. The Bertz CT molecular complexity index is 551. The second-order valence-electron chi connectivity index (χ2n) is 5.09. The summed E-state index contributed by atoms with van der Waals surface area (Å²) in [7, 11) is 0. The van der Waals surface area contributed by atoms with Crippen LogP contribution in [0.5, 0.6) is 0 Å². The lowest BCUT2D eigenvalue weighted by molar-refractivity contribution is 0.204. The average molecular weight is 286 g/mol. The molecule has 0 saturated heterocycles. The van der Waals surface area contributed by atoms with E-state index in [0.29, 0.717) is 5.75 Å². The number of thioether (sulfide) groups is 1. The molecule has 2 aromatic carbocycles. The first kappa shape index (κ1) is 15.1. The van der Waals surface area contributed by atoms with Crippen LogP contribution in [0.2, 0.25) is 0 Å². The van der Waals surface area contributed by atoms with E-state index in [9.17, 15) is 5.11 Å². The maximum atomic E-state index is 10.3. The van der Waals surface area contributed by atoms with E-state index in [1.165, 1.54) is 16.0 Å². The fraction of sp³-hybridized carbons (Fsp3) is 0.333. The van der Waals surface area contributed by atoms with E-state index in [0.717, 1.165) is 18.4 Å². The van der Waals surface area contributed by atoms with Crippen LogP contribution in [-0.4, -0.2) is 10.9 Å². The number of hydrogen-bond donors (Lipinski definition) is 1. The van der Waals surface area contributed by atoms with E-state index in [-0.39, 0.29) is 0 Å². The minimum absolute atomic E-state index is 0.406. The highest BCUT2D eigenvalue weighted by atomic mass is 32.2. The van der Waals surface area contributed by atoms with Gasteiger partial charge in [-0.3, -0.25) is 0 Å². The molecule has 0 radical (unpaired) electrons. The van der Waals surface area contributed by atoms with Crippen LogP contribution in [-0.2, 0) is 6.42 Å². The SMILES string of the molecule is CCCc1cccc(C(O)CSc2ccccc2C)c1. The van der Waals surface area contributed by atoms with Crippen LogP contribution in [0.3, 0.4) is 0 Å². The summed E-state index contributed by atoms with van der Waals surface area (Å²) in [5.74, 6) is 0.695. The normalized spacial score (nSPS) is 12.3. The predicted molar refractivity (Wildman–Crippen MR) is 87.3 cm³/mol. The molecule has 2 aromatic rings. The van der Waals surface area contributed by atoms with Crippen molar-refractivity contribution in [3.05, 3.63) is 65.2 Å². The summed E-state index contributed by atoms with van der Waals surface area (Å²) in [5.41, 5.74) is 3.60. The van der Waals surface area contributed by atoms with E-state index >= 15 is 0 Å². The van der Waals surface area contributed by atoms with Gasteiger partial charge in [-0.25, -0.2) is 0 Å². The summed E-state index contributed by atoms with van der Waals surface area (Å²) < 4.78 is 0. The van der Waals surface area contributed by atoms with Gasteiger partial charge < -0.3 is 5.11 Å². The molecule has 0 heterocycles. The van der Waals surface area contributed by atoms with Crippen LogP contribution < -0.4 is 0 Å². The van der Waals surface area contributed by atoms with Crippen molar-refractivity contribution in [1.82, 2.24) is 0 Å². The van der Waals surface area contributed by atoms with Gasteiger partial charge in [-0.05, 0) is 36.1 Å². The lowest BCUT2D eigenvalue weighted by Gasteiger charge is -2.13. The van der Waals surface area contributed by atoms with E-state index in [2.05, 4.69) is 38.1 Å². The van der Waals surface area contributed by atoms with Crippen molar-refractivity contribution in [2.24, 2.45) is 0 Å². The van der Waals surface area contributed by atoms with Gasteiger partial charge >= 0.3 is 0 Å². The zero-order valence-corrected chi connectivity index (χ0v) is 13.0. The van der Waals surface area contributed by atoms with Gasteiger partial charge in [0.15, 0.2) is 0 Å². The Morgan fingerprint density at radius 1 is 1.10 bits per heavy atom. The molecule has 1 unspecified atom stereocenters. The van der Waals surface area contributed by atoms with E-state index < -0.39 is 6.10 Å². The highest BCUT2D eigenvalue weighted by molar-refractivity contribution is 7.99. The number of rotatable bonds is 6. The van der Waals surface area contributed by atoms with E-state index in [4.69, 9.17) is 0 Å². The maximum Gasteiger partial charge on any atom is 0.0884 e. The standard InChI is InChI=1S/C18H22OS/c1-3-7-15-9-6-10-16(12-15)17(19)13-20-18-11-5-4-8-14(18)2/h4-6,8-12,17,19H,3,7,13H2,1-2H3. The van der Waals surface area contributed by atoms with Crippen molar-refractivity contribution >= 4 is 11.8 Å². The summed E-state index contributed by atoms with van der Waals surface area (Å²) >= 11 is 1.72. The Morgan fingerprint density at radius 3 is 2.65 bits per heavy atom. The molecule has 0 bridgehead atoms. The van der Waals surface area contributed by atoms with Gasteiger partial charge in [-0.15, -0.1) is 11.8 Å². The summed E-state index contributed by atoms with van der Waals surface area (Å²) in [5, 5.41) is 10.3. The second kappa shape index (κ2) is 7.51.